The SMILES string of the molecule is CC(=O)[C@@H]1CC[C@]2(O)[C@H]3CC=C4C[C@@H](O[C@H]5O[C@@H](C)[C@H](O)[C@@H](O)[C@@H]5O)CC[C@]4(C)[C@@H]3CC[C@@]12C. The second-order valence-electron chi connectivity index (χ2n) is 12.4. The Bertz CT molecular complexity index is 858. The van der Waals surface area contributed by atoms with Gasteiger partial charge in [-0.1, -0.05) is 25.5 Å². The maximum Gasteiger partial charge on any atom is 0.186 e. The van der Waals surface area contributed by atoms with Crippen LogP contribution in [0.25, 0.3) is 0 Å². The average Bonchev–Trinajstić information content (AvgIpc) is 3.07. The number of ether oxygens (including phenoxy) is 2. The van der Waals surface area contributed by atoms with Gasteiger partial charge in [0.1, 0.15) is 24.1 Å². The monoisotopic (exact) mass is 478 g/mol. The predicted octanol–water partition coefficient (Wildman–Crippen LogP) is 2.48. The van der Waals surface area contributed by atoms with Gasteiger partial charge in [-0.2, -0.15) is 0 Å². The molecule has 7 nitrogen and oxygen atoms in total. The van der Waals surface area contributed by atoms with E-state index in [0.29, 0.717) is 12.3 Å². The van der Waals surface area contributed by atoms with Gasteiger partial charge in [0.25, 0.3) is 0 Å². The lowest BCUT2D eigenvalue weighted by Gasteiger charge is -2.61. The van der Waals surface area contributed by atoms with E-state index in [-0.39, 0.29) is 34.6 Å². The molecule has 12 atom stereocenters. The summed E-state index contributed by atoms with van der Waals surface area (Å²) in [6.07, 6.45) is 3.60. The highest BCUT2D eigenvalue weighted by atomic mass is 16.7. The number of Topliss-reactive ketones (excluding diaryl/α,β-unsaturated/α-hetero) is 1. The second kappa shape index (κ2) is 8.35. The van der Waals surface area contributed by atoms with Crippen molar-refractivity contribution in [1.82, 2.24) is 0 Å². The Balaban J connectivity index is 1.33. The Morgan fingerprint density at radius 1 is 1.03 bits per heavy atom. The van der Waals surface area contributed by atoms with Gasteiger partial charge in [-0.25, -0.2) is 0 Å². The van der Waals surface area contributed by atoms with Gasteiger partial charge in [-0.15, -0.1) is 0 Å². The first-order valence-corrected chi connectivity index (χ1v) is 13.2. The molecule has 5 rings (SSSR count). The van der Waals surface area contributed by atoms with Crippen molar-refractivity contribution in [2.75, 3.05) is 0 Å². The fourth-order valence-electron chi connectivity index (χ4n) is 8.68. The fraction of sp³-hybridized carbons (Fsp3) is 0.889. The normalized spacial score (nSPS) is 55.1. The van der Waals surface area contributed by atoms with Crippen molar-refractivity contribution in [1.29, 1.82) is 0 Å². The standard InChI is InChI=1S/C27H42O7/c1-14(28)18-9-12-27(32)20-6-5-16-13-17(34-24-23(31)22(30)21(29)15(2)33-24)7-10-25(16,3)19(20)8-11-26(18,27)4/h5,15,17-24,29-32H,6-13H2,1-4H3/t15-,17-,18-,19+,20-,21-,22+,23-,24+,25-,26-,27-/m0/s1. The molecule has 192 valence electrons. The summed E-state index contributed by atoms with van der Waals surface area (Å²) in [6, 6.07) is 0. The number of rotatable bonds is 3. The van der Waals surface area contributed by atoms with Crippen LogP contribution >= 0.6 is 0 Å². The molecule has 4 fully saturated rings. The summed E-state index contributed by atoms with van der Waals surface area (Å²) in [7, 11) is 0. The molecule has 0 bridgehead atoms. The van der Waals surface area contributed by atoms with Crippen LogP contribution in [-0.4, -0.2) is 68.6 Å². The number of hydrogen-bond acceptors (Lipinski definition) is 7. The quantitative estimate of drug-likeness (QED) is 0.461. The molecule has 1 heterocycles. The van der Waals surface area contributed by atoms with Gasteiger partial charge in [0.15, 0.2) is 6.29 Å². The first-order chi connectivity index (χ1) is 15.9. The first kappa shape index (κ1) is 24.8. The molecule has 34 heavy (non-hydrogen) atoms. The van der Waals surface area contributed by atoms with E-state index >= 15 is 0 Å². The summed E-state index contributed by atoms with van der Waals surface area (Å²) in [5, 5.41) is 42.5. The molecule has 0 spiro atoms. The van der Waals surface area contributed by atoms with Crippen molar-refractivity contribution in [2.45, 2.75) is 121 Å². The van der Waals surface area contributed by atoms with E-state index in [9.17, 15) is 25.2 Å². The highest BCUT2D eigenvalue weighted by Gasteiger charge is 2.67. The molecule has 0 radical (unpaired) electrons. The Kier molecular flexibility index (Phi) is 6.10. The van der Waals surface area contributed by atoms with Gasteiger partial charge in [-0.3, -0.25) is 4.79 Å². The molecule has 0 aromatic carbocycles. The molecule has 4 N–H and O–H groups in total. The van der Waals surface area contributed by atoms with Crippen molar-refractivity contribution >= 4 is 5.78 Å². The highest BCUT2D eigenvalue weighted by Crippen LogP contribution is 2.68. The minimum atomic E-state index is -1.29. The number of fused-ring (bicyclic) bond motifs is 5. The van der Waals surface area contributed by atoms with E-state index in [1.54, 1.807) is 13.8 Å². The molecular weight excluding hydrogens is 436 g/mol. The fourth-order valence-corrected chi connectivity index (χ4v) is 8.68. The zero-order valence-electron chi connectivity index (χ0n) is 20.9. The molecule has 4 aliphatic carbocycles. The number of allylic oxidation sites excluding steroid dienone is 1. The summed E-state index contributed by atoms with van der Waals surface area (Å²) in [4.78, 5) is 12.4. The molecule has 0 unspecified atom stereocenters. The van der Waals surface area contributed by atoms with Gasteiger partial charge < -0.3 is 29.9 Å². The number of hydrogen-bond donors (Lipinski definition) is 4. The lowest BCUT2D eigenvalue weighted by Crippen LogP contribution is -2.61. The van der Waals surface area contributed by atoms with Crippen molar-refractivity contribution in [2.24, 2.45) is 28.6 Å². The number of ketones is 1. The first-order valence-electron chi connectivity index (χ1n) is 13.2. The van der Waals surface area contributed by atoms with E-state index in [1.165, 1.54) is 5.57 Å². The molecule has 5 aliphatic rings. The third-order valence-electron chi connectivity index (χ3n) is 10.9. The predicted molar refractivity (Wildman–Crippen MR) is 125 cm³/mol. The van der Waals surface area contributed by atoms with Crippen LogP contribution in [0.15, 0.2) is 11.6 Å². The highest BCUT2D eigenvalue weighted by molar-refractivity contribution is 5.80. The molecule has 1 aliphatic heterocycles. The van der Waals surface area contributed by atoms with Crippen LogP contribution in [0.5, 0.6) is 0 Å². The molecule has 1 saturated heterocycles. The summed E-state index contributed by atoms with van der Waals surface area (Å²) in [5.41, 5.74) is 0.219. The van der Waals surface area contributed by atoms with E-state index in [4.69, 9.17) is 9.47 Å². The lowest BCUT2D eigenvalue weighted by molar-refractivity contribution is -0.306. The summed E-state index contributed by atoms with van der Waals surface area (Å²) in [5.74, 6) is 0.722. The van der Waals surface area contributed by atoms with Gasteiger partial charge in [0, 0.05) is 11.3 Å². The van der Waals surface area contributed by atoms with Crippen molar-refractivity contribution in [3.63, 3.8) is 0 Å². The van der Waals surface area contributed by atoms with Crippen LogP contribution in [0.3, 0.4) is 0 Å². The van der Waals surface area contributed by atoms with Crippen LogP contribution in [0.1, 0.15) is 79.1 Å². The third kappa shape index (κ3) is 3.41. The summed E-state index contributed by atoms with van der Waals surface area (Å²) in [6.45, 7) is 7.83. The molecule has 7 heteroatoms. The molecule has 3 saturated carbocycles. The zero-order chi connectivity index (χ0) is 24.6. The van der Waals surface area contributed by atoms with E-state index in [2.05, 4.69) is 19.9 Å². The van der Waals surface area contributed by atoms with Crippen molar-refractivity contribution in [3.8, 4) is 0 Å². The van der Waals surface area contributed by atoms with Crippen LogP contribution < -0.4 is 0 Å². The van der Waals surface area contributed by atoms with Crippen LogP contribution in [-0.2, 0) is 14.3 Å². The van der Waals surface area contributed by atoms with E-state index in [1.807, 2.05) is 0 Å². The smallest absolute Gasteiger partial charge is 0.186 e. The molecular formula is C27H42O7. The van der Waals surface area contributed by atoms with Crippen LogP contribution in [0, 0.1) is 28.6 Å². The van der Waals surface area contributed by atoms with E-state index < -0.39 is 36.3 Å². The van der Waals surface area contributed by atoms with Gasteiger partial charge in [0.05, 0.1) is 17.8 Å². The molecule has 0 aromatic heterocycles. The zero-order valence-corrected chi connectivity index (χ0v) is 20.9. The number of carbonyl (C=O) groups excluding carboxylic acids is 1. The van der Waals surface area contributed by atoms with Crippen LogP contribution in [0.2, 0.25) is 0 Å². The van der Waals surface area contributed by atoms with Gasteiger partial charge in [-0.05, 0) is 82.5 Å². The number of aliphatic hydroxyl groups is 4. The van der Waals surface area contributed by atoms with Gasteiger partial charge in [0.2, 0.25) is 0 Å². The minimum Gasteiger partial charge on any atom is -0.389 e. The Hall–Kier alpha value is -0.830. The van der Waals surface area contributed by atoms with Crippen molar-refractivity contribution in [3.05, 3.63) is 11.6 Å². The Morgan fingerprint density at radius 2 is 1.76 bits per heavy atom. The third-order valence-corrected chi connectivity index (χ3v) is 10.9. The molecule has 0 amide bonds. The Labute approximate surface area is 202 Å². The van der Waals surface area contributed by atoms with Crippen molar-refractivity contribution < 1.29 is 34.7 Å². The summed E-state index contributed by atoms with van der Waals surface area (Å²) < 4.78 is 11.8. The maximum absolute atomic E-state index is 12.4. The average molecular weight is 479 g/mol. The Morgan fingerprint density at radius 3 is 2.47 bits per heavy atom. The largest absolute Gasteiger partial charge is 0.389 e. The van der Waals surface area contributed by atoms with E-state index in [0.717, 1.165) is 44.9 Å². The topological polar surface area (TPSA) is 116 Å². The lowest BCUT2D eigenvalue weighted by atomic mass is 9.45. The maximum atomic E-state index is 12.4. The second-order valence-corrected chi connectivity index (χ2v) is 12.4. The number of carbonyl (C=O) groups is 1. The number of aliphatic hydroxyl groups excluding tert-OH is 3. The van der Waals surface area contributed by atoms with Gasteiger partial charge >= 0.3 is 0 Å². The minimum absolute atomic E-state index is 0.0107. The van der Waals surface area contributed by atoms with Crippen LogP contribution in [0.4, 0.5) is 0 Å². The molecule has 0 aromatic rings. The summed E-state index contributed by atoms with van der Waals surface area (Å²) >= 11 is 0.